The average Bonchev–Trinajstić information content (AvgIpc) is 2.55. The van der Waals surface area contributed by atoms with Crippen LogP contribution in [-0.4, -0.2) is 37.0 Å². The van der Waals surface area contributed by atoms with Gasteiger partial charge in [-0.05, 0) is 20.8 Å². The topological polar surface area (TPSA) is 65.5 Å². The first-order valence-corrected chi connectivity index (χ1v) is 4.95. The molecular weight excluding hydrogens is 180 g/mol. The number of carbonyl (C=O) groups is 1. The second-order valence-electron chi connectivity index (χ2n) is 3.69. The molecule has 0 radical (unpaired) electrons. The maximum Gasteiger partial charge on any atom is 0.242 e. The molecule has 0 saturated carbocycles. The van der Waals surface area contributed by atoms with E-state index in [1.807, 2.05) is 20.8 Å². The molecule has 1 atom stereocenters. The zero-order valence-electron chi connectivity index (χ0n) is 8.92. The summed E-state index contributed by atoms with van der Waals surface area (Å²) in [7, 11) is 0. The molecule has 0 aromatic carbocycles. The molecule has 14 heavy (non-hydrogen) atoms. The van der Waals surface area contributed by atoms with E-state index in [0.29, 0.717) is 0 Å². The zero-order chi connectivity index (χ0) is 10.6. The Morgan fingerprint density at radius 1 is 1.50 bits per heavy atom. The highest BCUT2D eigenvalue weighted by molar-refractivity contribution is 5.89. The fourth-order valence-electron chi connectivity index (χ4n) is 1.17. The molecule has 0 fully saturated rings. The third-order valence-corrected chi connectivity index (χ3v) is 1.85. The van der Waals surface area contributed by atoms with Gasteiger partial charge in [-0.1, -0.05) is 0 Å². The number of carbonyl (C=O) groups excluding carboxylic acids is 1. The van der Waals surface area contributed by atoms with E-state index in [0.717, 1.165) is 19.0 Å². The van der Waals surface area contributed by atoms with Crippen LogP contribution in [0.3, 0.4) is 0 Å². The fraction of sp³-hybridized carbons (Fsp3) is 0.778. The minimum absolute atomic E-state index is 0.00333. The van der Waals surface area contributed by atoms with Gasteiger partial charge in [-0.15, -0.1) is 0 Å². The highest BCUT2D eigenvalue weighted by Crippen LogP contribution is 1.88. The van der Waals surface area contributed by atoms with Gasteiger partial charge in [0.2, 0.25) is 5.91 Å². The first-order valence-electron chi connectivity index (χ1n) is 4.95. The monoisotopic (exact) mass is 198 g/mol. The van der Waals surface area contributed by atoms with Crippen LogP contribution < -0.4 is 16.0 Å². The molecule has 1 aliphatic heterocycles. The first-order chi connectivity index (χ1) is 6.59. The number of hydrogen-bond acceptors (Lipinski definition) is 4. The Morgan fingerprint density at radius 3 is 2.71 bits per heavy atom. The highest BCUT2D eigenvalue weighted by atomic mass is 16.2. The van der Waals surface area contributed by atoms with Gasteiger partial charge in [-0.2, -0.15) is 0 Å². The maximum absolute atomic E-state index is 11.5. The number of amides is 1. The van der Waals surface area contributed by atoms with Gasteiger partial charge in [0.15, 0.2) is 5.96 Å². The van der Waals surface area contributed by atoms with E-state index in [-0.39, 0.29) is 18.0 Å². The fourth-order valence-corrected chi connectivity index (χ4v) is 1.17. The van der Waals surface area contributed by atoms with E-state index < -0.39 is 0 Å². The minimum atomic E-state index is -0.248. The standard InChI is InChI=1S/C9H18N4O/c1-6(2)12-8(14)7(3)13-9-10-4-5-11-9/h6-7H,4-5H2,1-3H3,(H,12,14)(H2,10,11,13). The Morgan fingerprint density at radius 2 is 2.21 bits per heavy atom. The normalized spacial score (nSPS) is 17.3. The smallest absolute Gasteiger partial charge is 0.242 e. The van der Waals surface area contributed by atoms with Gasteiger partial charge in [0.25, 0.3) is 0 Å². The number of guanidine groups is 1. The summed E-state index contributed by atoms with van der Waals surface area (Å²) >= 11 is 0. The third-order valence-electron chi connectivity index (χ3n) is 1.85. The summed E-state index contributed by atoms with van der Waals surface area (Å²) < 4.78 is 0. The van der Waals surface area contributed by atoms with E-state index in [2.05, 4.69) is 20.9 Å². The molecule has 1 amide bonds. The van der Waals surface area contributed by atoms with E-state index in [9.17, 15) is 4.79 Å². The van der Waals surface area contributed by atoms with Gasteiger partial charge >= 0.3 is 0 Å². The summed E-state index contributed by atoms with van der Waals surface area (Å²) in [6.07, 6.45) is 0. The van der Waals surface area contributed by atoms with Crippen LogP contribution in [0, 0.1) is 0 Å². The quantitative estimate of drug-likeness (QED) is 0.570. The highest BCUT2D eigenvalue weighted by Gasteiger charge is 2.15. The first kappa shape index (κ1) is 10.8. The summed E-state index contributed by atoms with van der Waals surface area (Å²) in [5.74, 6) is 0.716. The van der Waals surface area contributed by atoms with Crippen LogP contribution in [0.5, 0.6) is 0 Å². The van der Waals surface area contributed by atoms with Crippen molar-refractivity contribution >= 4 is 11.9 Å². The van der Waals surface area contributed by atoms with Crippen LogP contribution >= 0.6 is 0 Å². The van der Waals surface area contributed by atoms with Crippen molar-refractivity contribution in [1.82, 2.24) is 16.0 Å². The molecular formula is C9H18N4O. The van der Waals surface area contributed by atoms with Crippen molar-refractivity contribution in [2.24, 2.45) is 4.99 Å². The van der Waals surface area contributed by atoms with Crippen LogP contribution in [-0.2, 0) is 4.79 Å². The minimum Gasteiger partial charge on any atom is -0.355 e. The van der Waals surface area contributed by atoms with Gasteiger partial charge < -0.3 is 16.0 Å². The summed E-state index contributed by atoms with van der Waals surface area (Å²) in [5.41, 5.74) is 0. The molecule has 5 heteroatoms. The number of rotatable bonds is 3. The largest absolute Gasteiger partial charge is 0.355 e. The Bertz CT molecular complexity index is 237. The van der Waals surface area contributed by atoms with Crippen LogP contribution in [0.4, 0.5) is 0 Å². The van der Waals surface area contributed by atoms with Crippen LogP contribution in [0.1, 0.15) is 20.8 Å². The van der Waals surface area contributed by atoms with Crippen molar-refractivity contribution in [2.75, 3.05) is 13.1 Å². The molecule has 0 aromatic rings. The maximum atomic E-state index is 11.5. The second-order valence-corrected chi connectivity index (χ2v) is 3.69. The predicted octanol–water partition coefficient (Wildman–Crippen LogP) is -0.552. The van der Waals surface area contributed by atoms with Gasteiger partial charge in [-0.25, -0.2) is 0 Å². The van der Waals surface area contributed by atoms with Crippen LogP contribution in [0.15, 0.2) is 4.99 Å². The number of hydrogen-bond donors (Lipinski definition) is 3. The lowest BCUT2D eigenvalue weighted by Crippen LogP contribution is -2.49. The van der Waals surface area contributed by atoms with Gasteiger partial charge in [0.05, 0.1) is 6.54 Å². The molecule has 1 rings (SSSR count). The SMILES string of the molecule is CC(C)NC(=O)C(C)NC1=NCCN1. The number of nitrogens with one attached hydrogen (secondary N) is 3. The number of aliphatic imine (C=N–C) groups is 1. The molecule has 1 heterocycles. The van der Waals surface area contributed by atoms with Crippen molar-refractivity contribution < 1.29 is 4.79 Å². The lowest BCUT2D eigenvalue weighted by molar-refractivity contribution is -0.122. The zero-order valence-corrected chi connectivity index (χ0v) is 8.92. The average molecular weight is 198 g/mol. The second kappa shape index (κ2) is 4.83. The Balaban J connectivity index is 2.33. The summed E-state index contributed by atoms with van der Waals surface area (Å²) in [6, 6.07) is -0.0769. The van der Waals surface area contributed by atoms with E-state index in [4.69, 9.17) is 0 Å². The Hall–Kier alpha value is -1.26. The Labute approximate surface area is 84.4 Å². The molecule has 0 aliphatic carbocycles. The van der Waals surface area contributed by atoms with Crippen molar-refractivity contribution in [3.63, 3.8) is 0 Å². The van der Waals surface area contributed by atoms with E-state index in [1.54, 1.807) is 0 Å². The van der Waals surface area contributed by atoms with Crippen LogP contribution in [0.2, 0.25) is 0 Å². The summed E-state index contributed by atoms with van der Waals surface area (Å²) in [6.45, 7) is 7.33. The molecule has 0 bridgehead atoms. The molecule has 80 valence electrons. The van der Waals surface area contributed by atoms with Gasteiger partial charge in [-0.3, -0.25) is 9.79 Å². The number of nitrogens with zero attached hydrogens (tertiary/aromatic N) is 1. The summed E-state index contributed by atoms with van der Waals surface area (Å²) in [5, 5.41) is 8.90. The lowest BCUT2D eigenvalue weighted by atomic mass is 10.3. The lowest BCUT2D eigenvalue weighted by Gasteiger charge is -2.16. The summed E-state index contributed by atoms with van der Waals surface area (Å²) in [4.78, 5) is 15.6. The van der Waals surface area contributed by atoms with E-state index >= 15 is 0 Å². The van der Waals surface area contributed by atoms with E-state index in [1.165, 1.54) is 0 Å². The van der Waals surface area contributed by atoms with Crippen LogP contribution in [0.25, 0.3) is 0 Å². The molecule has 1 aliphatic rings. The van der Waals surface area contributed by atoms with Crippen molar-refractivity contribution in [2.45, 2.75) is 32.9 Å². The molecule has 0 spiro atoms. The molecule has 5 nitrogen and oxygen atoms in total. The van der Waals surface area contributed by atoms with Crippen molar-refractivity contribution in [3.8, 4) is 0 Å². The molecule has 3 N–H and O–H groups in total. The van der Waals surface area contributed by atoms with Crippen molar-refractivity contribution in [1.29, 1.82) is 0 Å². The predicted molar refractivity (Wildman–Crippen MR) is 56.2 cm³/mol. The third kappa shape index (κ3) is 3.24. The molecule has 1 unspecified atom stereocenters. The van der Waals surface area contributed by atoms with Crippen molar-refractivity contribution in [3.05, 3.63) is 0 Å². The van der Waals surface area contributed by atoms with Gasteiger partial charge in [0.1, 0.15) is 6.04 Å². The molecule has 0 aromatic heterocycles. The molecule has 0 saturated heterocycles. The Kier molecular flexibility index (Phi) is 3.73. The van der Waals surface area contributed by atoms with Gasteiger partial charge in [0, 0.05) is 12.6 Å².